The largest absolute Gasteiger partial charge is 0.481 e. The van der Waals surface area contributed by atoms with Crippen LogP contribution in [0.4, 0.5) is 0 Å². The molecular formula is C92H149N5O28S2. The summed E-state index contributed by atoms with van der Waals surface area (Å²) in [4.78, 5) is 187. The Labute approximate surface area is 757 Å². The number of rotatable bonds is 89. The van der Waals surface area contributed by atoms with Gasteiger partial charge in [0.15, 0.2) is 5.78 Å². The summed E-state index contributed by atoms with van der Waals surface area (Å²) in [5.41, 5.74) is -0.721. The molecule has 35 heteroatoms. The molecule has 0 fully saturated rings. The van der Waals surface area contributed by atoms with Crippen LogP contribution in [0.3, 0.4) is 0 Å². The van der Waals surface area contributed by atoms with Gasteiger partial charge in [0, 0.05) is 118 Å². The number of nitrogens with one attached hydrogen (secondary N) is 5. The first-order valence-corrected chi connectivity index (χ1v) is 47.6. The summed E-state index contributed by atoms with van der Waals surface area (Å²) in [5.74, 6) is -10.4. The number of ether oxygens (including phenoxy) is 8. The van der Waals surface area contributed by atoms with Gasteiger partial charge in [-0.2, -0.15) is 0 Å². The molecule has 10 N–H and O–H groups in total. The first-order valence-electron chi connectivity index (χ1n) is 46.0. The number of carbonyl (C=O) groups is 15. The molecule has 0 aliphatic heterocycles. The highest BCUT2D eigenvalue weighted by Crippen LogP contribution is 2.28. The highest BCUT2D eigenvalue weighted by atomic mass is 32.1. The highest BCUT2D eigenvalue weighted by Gasteiger charge is 2.32. The Hall–Kier alpha value is -7.87. The quantitative estimate of drug-likeness (QED) is 0.0275. The molecule has 0 saturated carbocycles. The topological polar surface area (TPSA) is 491 Å². The molecule has 127 heavy (non-hydrogen) atoms. The molecule has 2 aromatic heterocycles. The zero-order valence-corrected chi connectivity index (χ0v) is 77.3. The molecule has 2 rings (SSSR count). The first kappa shape index (κ1) is 115. The van der Waals surface area contributed by atoms with Crippen LogP contribution in [-0.4, -0.2) is 252 Å². The maximum atomic E-state index is 13.7. The van der Waals surface area contributed by atoms with Gasteiger partial charge in [0.2, 0.25) is 29.5 Å². The van der Waals surface area contributed by atoms with E-state index in [-0.39, 0.29) is 261 Å². The summed E-state index contributed by atoms with van der Waals surface area (Å²) >= 11 is 2.69. The van der Waals surface area contributed by atoms with Crippen molar-refractivity contribution in [2.45, 2.75) is 290 Å². The molecular weight excluding hydrogens is 1690 g/mol. The summed E-state index contributed by atoms with van der Waals surface area (Å²) < 4.78 is 43.5. The SMILES string of the molecule is CC(C)(C)C(=O)C[C@@H](CCCCNC(=O)COCCOCCNC(=O)COCCOCCCC(=O)CC[C@H](NC(=O)CCCCCCCCCCCCc1ccc(C(=O)O)s1)C(=O)O)C(=O)C[C@@H](CCCCNC(=O)COCCOCCCC(=O)COCCOCCNC(=O)CC[C@H](CC(=O)CCCCCCCCCCCCc1ccc(C(=O)O)s1)C(=O)O)C(=O)O. The Morgan fingerprint density at radius 2 is 0.685 bits per heavy atom. The third kappa shape index (κ3) is 65.4. The van der Waals surface area contributed by atoms with E-state index in [0.717, 1.165) is 138 Å². The number of carbonyl (C=O) groups excluding carboxylic acids is 10. The fraction of sp³-hybridized carbons (Fsp3) is 0.750. The molecule has 722 valence electrons. The van der Waals surface area contributed by atoms with Gasteiger partial charge in [0.05, 0.1) is 77.9 Å². The van der Waals surface area contributed by atoms with Gasteiger partial charge in [-0.05, 0) is 114 Å². The standard InChI is InChI=1S/C92H149N5O28S2/c1-92(2,3)81(102)64-69(30-24-26-46-93-85(106)67-125-61-57-121-53-49-96-86(107)68-124-60-54-118-50-28-33-72(98)39-42-77(89(112)113)97-83(104)37-23-19-15-11-7-6-10-14-18-22-36-76-41-44-80(127-76)91(116)117)78(101)63-70(87(108)109)31-25-27-47-94-84(105)66-123-59-55-119-51-29-34-74(100)65-122-58-56-120-52-48-95-82(103)45-38-71(88(110)111)62-73(99)32-20-16-12-8-4-5-9-13-17-21-35-75-40-43-79(126-75)90(114)115/h40-41,43-44,69-71,77H,4-39,42,45-68H2,1-3H3,(H,93,106)(H,94,105)(H,95,103)(H,96,107)(H,97,104)(H,108,109)(H,110,111)(H,112,113)(H,114,115)(H,116,117)/t69-,70-,71-,77+/m1/s1. The number of thiophene rings is 2. The van der Waals surface area contributed by atoms with Gasteiger partial charge in [-0.25, -0.2) is 14.4 Å². The van der Waals surface area contributed by atoms with E-state index >= 15 is 0 Å². The highest BCUT2D eigenvalue weighted by molar-refractivity contribution is 7.14. The van der Waals surface area contributed by atoms with Crippen LogP contribution in [-0.2, 0) is 113 Å². The van der Waals surface area contributed by atoms with Crippen LogP contribution in [0.2, 0.25) is 0 Å². The number of carboxylic acid groups (broad SMARTS) is 5. The van der Waals surface area contributed by atoms with E-state index in [0.29, 0.717) is 74.0 Å². The molecule has 5 amide bonds. The van der Waals surface area contributed by atoms with E-state index in [1.165, 1.54) is 22.7 Å². The van der Waals surface area contributed by atoms with Crippen LogP contribution in [0.25, 0.3) is 0 Å². The van der Waals surface area contributed by atoms with Crippen molar-refractivity contribution in [2.24, 2.45) is 23.2 Å². The van der Waals surface area contributed by atoms with Gasteiger partial charge < -0.3 is 90.0 Å². The smallest absolute Gasteiger partial charge is 0.345 e. The Kier molecular flexibility index (Phi) is 67.9. The number of ketones is 5. The fourth-order valence-electron chi connectivity index (χ4n) is 13.5. The van der Waals surface area contributed by atoms with Crippen molar-refractivity contribution in [1.82, 2.24) is 26.6 Å². The number of carboxylic acids is 5. The zero-order valence-electron chi connectivity index (χ0n) is 75.7. The van der Waals surface area contributed by atoms with Crippen molar-refractivity contribution in [2.75, 3.05) is 132 Å². The van der Waals surface area contributed by atoms with E-state index in [1.807, 2.05) is 12.1 Å². The second-order valence-electron chi connectivity index (χ2n) is 33.1. The van der Waals surface area contributed by atoms with E-state index in [1.54, 1.807) is 32.9 Å². The van der Waals surface area contributed by atoms with E-state index < -0.39 is 59.1 Å². The molecule has 0 aliphatic carbocycles. The van der Waals surface area contributed by atoms with Crippen molar-refractivity contribution in [1.29, 1.82) is 0 Å². The Bertz CT molecular complexity index is 3470. The molecule has 0 radical (unpaired) electrons. The lowest BCUT2D eigenvalue weighted by Crippen LogP contribution is -2.41. The number of amides is 5. The molecule has 2 heterocycles. The normalized spacial score (nSPS) is 12.4. The number of aliphatic carboxylic acids is 3. The zero-order chi connectivity index (χ0) is 93.3. The van der Waals surface area contributed by atoms with Crippen LogP contribution in [0.1, 0.15) is 300 Å². The summed E-state index contributed by atoms with van der Waals surface area (Å²) in [7, 11) is 0. The number of unbranched alkanes of at least 4 members (excludes halogenated alkanes) is 20. The molecule has 2 aromatic rings. The van der Waals surface area contributed by atoms with E-state index in [2.05, 4.69) is 26.6 Å². The van der Waals surface area contributed by atoms with Crippen molar-refractivity contribution in [3.8, 4) is 0 Å². The van der Waals surface area contributed by atoms with Crippen LogP contribution < -0.4 is 26.6 Å². The van der Waals surface area contributed by atoms with Gasteiger partial charge in [-0.1, -0.05) is 136 Å². The summed E-state index contributed by atoms with van der Waals surface area (Å²) in [6.07, 6.45) is 26.4. The van der Waals surface area contributed by atoms with Crippen molar-refractivity contribution < 1.29 is 135 Å². The van der Waals surface area contributed by atoms with Gasteiger partial charge >= 0.3 is 29.8 Å². The molecule has 0 spiro atoms. The van der Waals surface area contributed by atoms with Gasteiger partial charge in [-0.15, -0.1) is 22.7 Å². The minimum atomic E-state index is -1.19. The Balaban J connectivity index is 1.41. The summed E-state index contributed by atoms with van der Waals surface area (Å²) in [5, 5.41) is 60.9. The van der Waals surface area contributed by atoms with Crippen molar-refractivity contribution >= 4 is 111 Å². The predicted molar refractivity (Wildman–Crippen MR) is 478 cm³/mol. The van der Waals surface area contributed by atoms with Gasteiger partial charge in [0.25, 0.3) is 0 Å². The second kappa shape index (κ2) is 74.9. The number of hydrogen-bond donors (Lipinski definition) is 10. The van der Waals surface area contributed by atoms with Crippen LogP contribution in [0, 0.1) is 23.2 Å². The maximum absolute atomic E-state index is 13.7. The predicted octanol–water partition coefficient (Wildman–Crippen LogP) is 12.3. The number of Topliss-reactive ketones (excluding diaryl/α,β-unsaturated/α-hetero) is 5. The molecule has 0 bridgehead atoms. The third-order valence-electron chi connectivity index (χ3n) is 21.0. The lowest BCUT2D eigenvalue weighted by molar-refractivity contribution is -0.145. The van der Waals surface area contributed by atoms with Crippen molar-refractivity contribution in [3.63, 3.8) is 0 Å². The average Bonchev–Trinajstić information content (AvgIpc) is 1.28. The lowest BCUT2D eigenvalue weighted by atomic mass is 9.80. The molecule has 0 aromatic carbocycles. The number of aromatic carboxylic acids is 2. The van der Waals surface area contributed by atoms with Crippen LogP contribution in [0.5, 0.6) is 0 Å². The summed E-state index contributed by atoms with van der Waals surface area (Å²) in [6.45, 7) is 7.59. The molecule has 33 nitrogen and oxygen atoms in total. The lowest BCUT2D eigenvalue weighted by Gasteiger charge is -2.22. The fourth-order valence-corrected chi connectivity index (χ4v) is 15.3. The Morgan fingerprint density at radius 3 is 1.12 bits per heavy atom. The second-order valence-corrected chi connectivity index (χ2v) is 35.5. The van der Waals surface area contributed by atoms with Gasteiger partial charge in [0.1, 0.15) is 65.4 Å². The molecule has 0 unspecified atom stereocenters. The van der Waals surface area contributed by atoms with E-state index in [4.69, 9.17) is 48.1 Å². The maximum Gasteiger partial charge on any atom is 0.345 e. The minimum Gasteiger partial charge on any atom is -0.481 e. The molecule has 4 atom stereocenters. The number of hydrogen-bond acceptors (Lipinski definition) is 25. The summed E-state index contributed by atoms with van der Waals surface area (Å²) in [6, 6.07) is 5.97. The van der Waals surface area contributed by atoms with Crippen LogP contribution in [0.15, 0.2) is 24.3 Å². The third-order valence-corrected chi connectivity index (χ3v) is 23.3. The van der Waals surface area contributed by atoms with E-state index in [9.17, 15) is 87.2 Å². The minimum absolute atomic E-state index is 0.00378. The monoisotopic (exact) mass is 1840 g/mol. The first-order chi connectivity index (χ1) is 61.0. The average molecular weight is 1840 g/mol. The molecule has 0 aliphatic rings. The molecule has 0 saturated heterocycles. The number of aryl methyl sites for hydroxylation is 2. The Morgan fingerprint density at radius 1 is 0.307 bits per heavy atom. The van der Waals surface area contributed by atoms with Crippen molar-refractivity contribution in [3.05, 3.63) is 43.8 Å². The van der Waals surface area contributed by atoms with Crippen LogP contribution >= 0.6 is 22.7 Å². The van der Waals surface area contributed by atoms with Gasteiger partial charge in [-0.3, -0.25) is 57.5 Å².